The van der Waals surface area contributed by atoms with E-state index in [4.69, 9.17) is 4.98 Å². The number of piperidine rings is 1. The lowest BCUT2D eigenvalue weighted by atomic mass is 10.0. The van der Waals surface area contributed by atoms with Gasteiger partial charge in [-0.3, -0.25) is 0 Å². The van der Waals surface area contributed by atoms with Crippen molar-refractivity contribution in [1.82, 2.24) is 9.97 Å². The molecule has 3 heterocycles. The molecule has 5 rings (SSSR count). The summed E-state index contributed by atoms with van der Waals surface area (Å²) in [6, 6.07) is 0.285. The van der Waals surface area contributed by atoms with Gasteiger partial charge in [0.1, 0.15) is 11.5 Å². The van der Waals surface area contributed by atoms with Gasteiger partial charge >= 0.3 is 0 Å². The van der Waals surface area contributed by atoms with Crippen molar-refractivity contribution < 1.29 is 19.0 Å². The maximum atomic E-state index is 14.9. The predicted octanol–water partition coefficient (Wildman–Crippen LogP) is 2.28. The molecule has 2 N–H and O–H groups in total. The summed E-state index contributed by atoms with van der Waals surface area (Å²) in [4.78, 5) is 13.3. The minimum absolute atomic E-state index is 0.0630. The second-order valence-corrected chi connectivity index (χ2v) is 9.03. The van der Waals surface area contributed by atoms with E-state index in [2.05, 4.69) is 16.8 Å². The van der Waals surface area contributed by atoms with Gasteiger partial charge in [0.15, 0.2) is 6.29 Å². The summed E-state index contributed by atoms with van der Waals surface area (Å²) < 4.78 is 29.8. The zero-order chi connectivity index (χ0) is 19.6. The molecule has 0 unspecified atom stereocenters. The topological polar surface area (TPSA) is 72.7 Å². The molecule has 1 saturated carbocycles. The van der Waals surface area contributed by atoms with Crippen LogP contribution in [0.5, 0.6) is 0 Å². The van der Waals surface area contributed by atoms with Gasteiger partial charge < -0.3 is 20.0 Å². The summed E-state index contributed by atoms with van der Waals surface area (Å²) in [5.74, 6) is -0.630. The summed E-state index contributed by atoms with van der Waals surface area (Å²) in [6.07, 6.45) is 1.86. The van der Waals surface area contributed by atoms with Crippen LogP contribution in [0.3, 0.4) is 0 Å². The maximum absolute atomic E-state index is 14.9. The third-order valence-electron chi connectivity index (χ3n) is 7.22. The predicted molar refractivity (Wildman–Crippen MR) is 100 cm³/mol. The zero-order valence-corrected chi connectivity index (χ0v) is 16.2. The number of hydrogen-bond donors (Lipinski definition) is 2. The Balaban J connectivity index is 1.48. The van der Waals surface area contributed by atoms with Gasteiger partial charge in [-0.05, 0) is 50.4 Å². The molecule has 1 aromatic rings. The number of alkyl halides is 2. The molecule has 2 aliphatic heterocycles. The molecule has 8 heteroatoms. The first-order valence-electron chi connectivity index (χ1n) is 10.5. The molecule has 4 atom stereocenters. The summed E-state index contributed by atoms with van der Waals surface area (Å²) in [6.45, 7) is 4.40. The lowest BCUT2D eigenvalue weighted by Crippen LogP contribution is -2.47. The molecule has 0 aromatic carbocycles. The van der Waals surface area contributed by atoms with Crippen molar-refractivity contribution in [2.24, 2.45) is 17.8 Å². The van der Waals surface area contributed by atoms with E-state index in [1.165, 1.54) is 0 Å². The number of rotatable bonds is 4. The standard InChI is InChI=1S/C20H28F2N4O2/c1-11-5-7-26(11)19-23-17-12(4-2-3-6-20(17,21)22)18(24-19)25-9-14-13(8-16(27)28)15(14)10-25/h11,13-16,27-28H,2-10H2,1H3/t11-,13-,14-,15+/m0/s1. The SMILES string of the molecule is C[C@H]1CCN1c1nc(N2C[C@@H]3[C@@H](CC(O)O)[C@@H]3C2)c2c(n1)C(F)(F)CCCC2. The van der Waals surface area contributed by atoms with Gasteiger partial charge in [-0.1, -0.05) is 0 Å². The molecule has 0 spiro atoms. The Morgan fingerprint density at radius 1 is 1.18 bits per heavy atom. The van der Waals surface area contributed by atoms with Crippen molar-refractivity contribution in [3.63, 3.8) is 0 Å². The van der Waals surface area contributed by atoms with Crippen molar-refractivity contribution in [1.29, 1.82) is 0 Å². The van der Waals surface area contributed by atoms with Crippen molar-refractivity contribution in [3.05, 3.63) is 11.3 Å². The lowest BCUT2D eigenvalue weighted by molar-refractivity contribution is -0.0507. The minimum atomic E-state index is -2.90. The van der Waals surface area contributed by atoms with Gasteiger partial charge in [0.2, 0.25) is 5.95 Å². The third kappa shape index (κ3) is 2.96. The number of aliphatic hydroxyl groups is 2. The Kier molecular flexibility index (Phi) is 4.28. The van der Waals surface area contributed by atoms with Crippen LogP contribution in [0.4, 0.5) is 20.5 Å². The van der Waals surface area contributed by atoms with Crippen LogP contribution in [-0.4, -0.2) is 52.1 Å². The molecule has 0 amide bonds. The van der Waals surface area contributed by atoms with E-state index < -0.39 is 12.2 Å². The second-order valence-electron chi connectivity index (χ2n) is 9.03. The molecule has 3 fully saturated rings. The highest BCUT2D eigenvalue weighted by molar-refractivity contribution is 5.57. The fourth-order valence-electron chi connectivity index (χ4n) is 5.38. The molecule has 4 aliphatic rings. The maximum Gasteiger partial charge on any atom is 0.290 e. The molecule has 0 bridgehead atoms. The first kappa shape index (κ1) is 18.5. The number of hydrogen-bond acceptors (Lipinski definition) is 6. The van der Waals surface area contributed by atoms with Crippen LogP contribution in [0.1, 0.15) is 50.3 Å². The van der Waals surface area contributed by atoms with Crippen molar-refractivity contribution in [2.75, 3.05) is 29.4 Å². The Morgan fingerprint density at radius 2 is 1.93 bits per heavy atom. The molecule has 0 radical (unpaired) electrons. The van der Waals surface area contributed by atoms with E-state index in [-0.39, 0.29) is 18.2 Å². The van der Waals surface area contributed by atoms with Crippen LogP contribution in [0.25, 0.3) is 0 Å². The quantitative estimate of drug-likeness (QED) is 0.603. The van der Waals surface area contributed by atoms with Crippen molar-refractivity contribution in [2.45, 2.75) is 63.7 Å². The zero-order valence-electron chi connectivity index (χ0n) is 16.2. The highest BCUT2D eigenvalue weighted by atomic mass is 19.3. The largest absolute Gasteiger partial charge is 0.368 e. The van der Waals surface area contributed by atoms with Gasteiger partial charge in [-0.25, -0.2) is 4.98 Å². The van der Waals surface area contributed by atoms with E-state index in [0.717, 1.165) is 32.5 Å². The van der Waals surface area contributed by atoms with Gasteiger partial charge in [-0.2, -0.15) is 13.8 Å². The van der Waals surface area contributed by atoms with E-state index >= 15 is 0 Å². The fourth-order valence-corrected chi connectivity index (χ4v) is 5.38. The Labute approximate surface area is 163 Å². The van der Waals surface area contributed by atoms with E-state index in [0.29, 0.717) is 54.3 Å². The smallest absolute Gasteiger partial charge is 0.290 e. The van der Waals surface area contributed by atoms with Crippen molar-refractivity contribution >= 4 is 11.8 Å². The Hall–Kier alpha value is -1.54. The first-order chi connectivity index (χ1) is 13.3. The van der Waals surface area contributed by atoms with Crippen LogP contribution < -0.4 is 9.80 Å². The summed E-state index contributed by atoms with van der Waals surface area (Å²) >= 11 is 0. The minimum Gasteiger partial charge on any atom is -0.368 e. The molecule has 1 aromatic heterocycles. The third-order valence-corrected chi connectivity index (χ3v) is 7.22. The van der Waals surface area contributed by atoms with Crippen LogP contribution in [-0.2, 0) is 12.3 Å². The average Bonchev–Trinajstić information content (AvgIpc) is 3.10. The molecule has 2 saturated heterocycles. The Bertz CT molecular complexity index is 763. The number of fused-ring (bicyclic) bond motifs is 2. The van der Waals surface area contributed by atoms with Crippen molar-refractivity contribution in [3.8, 4) is 0 Å². The number of nitrogens with zero attached hydrogens (tertiary/aromatic N) is 4. The van der Waals surface area contributed by atoms with Gasteiger partial charge in [0.25, 0.3) is 5.92 Å². The van der Waals surface area contributed by atoms with Gasteiger partial charge in [0.05, 0.1) is 0 Å². The normalized spacial score (nSPS) is 33.4. The van der Waals surface area contributed by atoms with Gasteiger partial charge in [0, 0.05) is 44.1 Å². The molecule has 28 heavy (non-hydrogen) atoms. The highest BCUT2D eigenvalue weighted by Gasteiger charge is 2.56. The fraction of sp³-hybridized carbons (Fsp3) is 0.800. The van der Waals surface area contributed by atoms with Crippen LogP contribution in [0, 0.1) is 17.8 Å². The van der Waals surface area contributed by atoms with Crippen LogP contribution >= 0.6 is 0 Å². The summed E-state index contributed by atoms with van der Waals surface area (Å²) in [5.41, 5.74) is 0.562. The molecular formula is C20H28F2N4O2. The highest BCUT2D eigenvalue weighted by Crippen LogP contribution is 2.55. The Morgan fingerprint density at radius 3 is 2.54 bits per heavy atom. The monoisotopic (exact) mass is 394 g/mol. The van der Waals surface area contributed by atoms with Crippen LogP contribution in [0.2, 0.25) is 0 Å². The van der Waals surface area contributed by atoms with E-state index in [1.54, 1.807) is 0 Å². The summed E-state index contributed by atoms with van der Waals surface area (Å²) in [7, 11) is 0. The molecule has 154 valence electrons. The number of aromatic nitrogens is 2. The van der Waals surface area contributed by atoms with Gasteiger partial charge in [-0.15, -0.1) is 0 Å². The summed E-state index contributed by atoms with van der Waals surface area (Å²) in [5, 5.41) is 18.5. The second kappa shape index (κ2) is 6.49. The molecule has 6 nitrogen and oxygen atoms in total. The first-order valence-corrected chi connectivity index (χ1v) is 10.5. The molecule has 2 aliphatic carbocycles. The molecular weight excluding hydrogens is 366 g/mol. The lowest BCUT2D eigenvalue weighted by Gasteiger charge is -2.39. The number of halogens is 2. The van der Waals surface area contributed by atoms with E-state index in [1.807, 2.05) is 4.90 Å². The number of anilines is 2. The van der Waals surface area contributed by atoms with Crippen LogP contribution in [0.15, 0.2) is 0 Å². The average molecular weight is 394 g/mol. The number of aliphatic hydroxyl groups excluding tert-OH is 1. The van der Waals surface area contributed by atoms with E-state index in [9.17, 15) is 19.0 Å².